The summed E-state index contributed by atoms with van der Waals surface area (Å²) in [5.41, 5.74) is -0.190. The van der Waals surface area contributed by atoms with Crippen LogP contribution < -0.4 is 10.1 Å². The normalized spacial score (nSPS) is 16.6. The molecule has 6 nitrogen and oxygen atoms in total. The molecule has 0 spiro atoms. The Kier molecular flexibility index (Phi) is 4.76. The Morgan fingerprint density at radius 2 is 2.08 bits per heavy atom. The highest BCUT2D eigenvalue weighted by molar-refractivity contribution is 6.30. The van der Waals surface area contributed by atoms with Gasteiger partial charge >= 0.3 is 0 Å². The van der Waals surface area contributed by atoms with Crippen molar-refractivity contribution in [2.45, 2.75) is 44.6 Å². The van der Waals surface area contributed by atoms with E-state index < -0.39 is 5.54 Å². The lowest BCUT2D eigenvalue weighted by atomic mass is 9.81. The van der Waals surface area contributed by atoms with Crippen molar-refractivity contribution >= 4 is 17.5 Å². The van der Waals surface area contributed by atoms with Gasteiger partial charge in [-0.3, -0.25) is 4.79 Å². The van der Waals surface area contributed by atoms with Gasteiger partial charge in [0.25, 0.3) is 11.8 Å². The number of carbonyl (C=O) groups excluding carboxylic acids is 1. The van der Waals surface area contributed by atoms with Crippen molar-refractivity contribution in [3.05, 3.63) is 40.5 Å². The molecule has 1 fully saturated rings. The predicted octanol–water partition coefficient (Wildman–Crippen LogP) is 3.63. The van der Waals surface area contributed by atoms with E-state index in [2.05, 4.69) is 15.5 Å². The van der Waals surface area contributed by atoms with Gasteiger partial charge in [0.05, 0.1) is 12.7 Å². The lowest BCUT2D eigenvalue weighted by Gasteiger charge is -2.34. The van der Waals surface area contributed by atoms with E-state index in [4.69, 9.17) is 20.9 Å². The smallest absolute Gasteiger partial charge is 0.255 e. The van der Waals surface area contributed by atoms with Crippen molar-refractivity contribution in [3.8, 4) is 5.75 Å². The average Bonchev–Trinajstić information content (AvgIpc) is 3.02. The number of halogens is 1. The third-order valence-corrected chi connectivity index (χ3v) is 4.64. The third kappa shape index (κ3) is 3.24. The second-order valence-electron chi connectivity index (χ2n) is 6.09. The molecule has 128 valence electrons. The van der Waals surface area contributed by atoms with Crippen LogP contribution in [0.4, 0.5) is 0 Å². The number of aryl methyl sites for hydroxylation is 1. The van der Waals surface area contributed by atoms with E-state index >= 15 is 0 Å². The summed E-state index contributed by atoms with van der Waals surface area (Å²) in [4.78, 5) is 17.2. The fourth-order valence-electron chi connectivity index (χ4n) is 3.18. The van der Waals surface area contributed by atoms with Crippen molar-refractivity contribution in [2.24, 2.45) is 0 Å². The number of rotatable bonds is 4. The summed E-state index contributed by atoms with van der Waals surface area (Å²) in [7, 11) is 1.51. The largest absolute Gasteiger partial charge is 0.496 e. The molecular weight excluding hydrogens is 330 g/mol. The summed E-state index contributed by atoms with van der Waals surface area (Å²) in [6.07, 6.45) is 4.68. The van der Waals surface area contributed by atoms with Crippen LogP contribution in [0.15, 0.2) is 22.7 Å². The van der Waals surface area contributed by atoms with E-state index in [1.54, 1.807) is 25.1 Å². The van der Waals surface area contributed by atoms with Crippen LogP contribution >= 0.6 is 11.6 Å². The Labute approximate surface area is 145 Å². The van der Waals surface area contributed by atoms with E-state index in [0.717, 1.165) is 32.1 Å². The Bertz CT molecular complexity index is 738. The molecular formula is C17H20ClN3O3. The average molecular weight is 350 g/mol. The van der Waals surface area contributed by atoms with Crippen LogP contribution in [0.25, 0.3) is 0 Å². The number of nitrogens with one attached hydrogen (secondary N) is 1. The van der Waals surface area contributed by atoms with Crippen LogP contribution in [0.2, 0.25) is 5.02 Å². The molecule has 1 saturated carbocycles. The summed E-state index contributed by atoms with van der Waals surface area (Å²) in [6.45, 7) is 1.77. The van der Waals surface area contributed by atoms with Gasteiger partial charge in [0.2, 0.25) is 0 Å². The molecule has 1 aromatic carbocycles. The molecule has 1 N–H and O–H groups in total. The van der Waals surface area contributed by atoms with E-state index in [-0.39, 0.29) is 5.91 Å². The highest BCUT2D eigenvalue weighted by Gasteiger charge is 2.41. The molecule has 0 saturated heterocycles. The first-order valence-electron chi connectivity index (χ1n) is 8.01. The Morgan fingerprint density at radius 3 is 2.71 bits per heavy atom. The third-order valence-electron chi connectivity index (χ3n) is 4.41. The van der Waals surface area contributed by atoms with Gasteiger partial charge in [-0.05, 0) is 38.0 Å². The summed E-state index contributed by atoms with van der Waals surface area (Å²) < 4.78 is 10.7. The van der Waals surface area contributed by atoms with Gasteiger partial charge in [0.15, 0.2) is 5.82 Å². The van der Waals surface area contributed by atoms with Gasteiger partial charge in [-0.2, -0.15) is 4.98 Å². The van der Waals surface area contributed by atoms with Gasteiger partial charge in [0, 0.05) is 5.02 Å². The molecule has 1 amide bonds. The second kappa shape index (κ2) is 6.81. The zero-order chi connectivity index (χ0) is 17.2. The number of ether oxygens (including phenoxy) is 1. The van der Waals surface area contributed by atoms with Crippen LogP contribution in [0.5, 0.6) is 5.75 Å². The maximum atomic E-state index is 12.9. The Hall–Kier alpha value is -2.08. The molecule has 24 heavy (non-hydrogen) atoms. The molecule has 0 aliphatic heterocycles. The first-order chi connectivity index (χ1) is 11.5. The monoisotopic (exact) mass is 349 g/mol. The quantitative estimate of drug-likeness (QED) is 0.912. The SMILES string of the molecule is COc1cc(Cl)ccc1C(=O)NC1(c2nc(C)no2)CCCCC1. The Balaban J connectivity index is 1.92. The van der Waals surface area contributed by atoms with Gasteiger partial charge < -0.3 is 14.6 Å². The van der Waals surface area contributed by atoms with Gasteiger partial charge in [-0.25, -0.2) is 0 Å². The first kappa shape index (κ1) is 16.8. The topological polar surface area (TPSA) is 77.2 Å². The van der Waals surface area contributed by atoms with Gasteiger partial charge in [-0.15, -0.1) is 0 Å². The Morgan fingerprint density at radius 1 is 1.33 bits per heavy atom. The highest BCUT2D eigenvalue weighted by atomic mass is 35.5. The van der Waals surface area contributed by atoms with Crippen LogP contribution in [0, 0.1) is 6.92 Å². The van der Waals surface area contributed by atoms with Crippen molar-refractivity contribution in [1.29, 1.82) is 0 Å². The number of carbonyl (C=O) groups is 1. The maximum Gasteiger partial charge on any atom is 0.255 e. The molecule has 0 bridgehead atoms. The number of methoxy groups -OCH3 is 1. The number of amides is 1. The highest BCUT2D eigenvalue weighted by Crippen LogP contribution is 2.37. The number of hydrogen-bond donors (Lipinski definition) is 1. The lowest BCUT2D eigenvalue weighted by Crippen LogP contribution is -2.47. The molecule has 7 heteroatoms. The van der Waals surface area contributed by atoms with E-state index in [1.165, 1.54) is 7.11 Å². The van der Waals surface area contributed by atoms with Crippen molar-refractivity contribution in [3.63, 3.8) is 0 Å². The molecule has 0 radical (unpaired) electrons. The zero-order valence-electron chi connectivity index (χ0n) is 13.8. The molecule has 3 rings (SSSR count). The number of hydrogen-bond acceptors (Lipinski definition) is 5. The minimum absolute atomic E-state index is 0.235. The zero-order valence-corrected chi connectivity index (χ0v) is 14.5. The number of nitrogens with zero attached hydrogens (tertiary/aromatic N) is 2. The van der Waals surface area contributed by atoms with Crippen molar-refractivity contribution < 1.29 is 14.1 Å². The molecule has 2 aromatic rings. The molecule has 0 atom stereocenters. The minimum atomic E-state index is -0.624. The van der Waals surface area contributed by atoms with Crippen molar-refractivity contribution in [1.82, 2.24) is 15.5 Å². The summed E-state index contributed by atoms with van der Waals surface area (Å²) in [5.74, 6) is 1.24. The lowest BCUT2D eigenvalue weighted by molar-refractivity contribution is 0.0821. The summed E-state index contributed by atoms with van der Waals surface area (Å²) in [5, 5.41) is 7.51. The van der Waals surface area contributed by atoms with Crippen LogP contribution in [0.1, 0.15) is 54.2 Å². The fraction of sp³-hybridized carbons (Fsp3) is 0.471. The van der Waals surface area contributed by atoms with Crippen LogP contribution in [-0.2, 0) is 5.54 Å². The fourth-order valence-corrected chi connectivity index (χ4v) is 3.34. The molecule has 1 aromatic heterocycles. The minimum Gasteiger partial charge on any atom is -0.496 e. The second-order valence-corrected chi connectivity index (χ2v) is 6.52. The van der Waals surface area contributed by atoms with E-state index in [1.807, 2.05) is 0 Å². The van der Waals surface area contributed by atoms with Crippen molar-refractivity contribution in [2.75, 3.05) is 7.11 Å². The van der Waals surface area contributed by atoms with E-state index in [9.17, 15) is 4.79 Å². The molecule has 1 aliphatic rings. The standard InChI is InChI=1S/C17H20ClN3O3/c1-11-19-16(24-21-11)17(8-4-3-5-9-17)20-15(22)13-7-6-12(18)10-14(13)23-2/h6-7,10H,3-5,8-9H2,1-2H3,(H,20,22). The van der Waals surface area contributed by atoms with E-state index in [0.29, 0.717) is 28.1 Å². The van der Waals surface area contributed by atoms with Crippen LogP contribution in [-0.4, -0.2) is 23.2 Å². The van der Waals surface area contributed by atoms with Gasteiger partial charge in [-0.1, -0.05) is 36.0 Å². The molecule has 1 aliphatic carbocycles. The maximum absolute atomic E-state index is 12.9. The first-order valence-corrected chi connectivity index (χ1v) is 8.39. The predicted molar refractivity (Wildman–Crippen MR) is 89.3 cm³/mol. The van der Waals surface area contributed by atoms with Gasteiger partial charge in [0.1, 0.15) is 11.3 Å². The number of aromatic nitrogens is 2. The van der Waals surface area contributed by atoms with Crippen LogP contribution in [0.3, 0.4) is 0 Å². The number of benzene rings is 1. The summed E-state index contributed by atoms with van der Waals surface area (Å²) >= 11 is 5.97. The molecule has 0 unspecified atom stereocenters. The summed E-state index contributed by atoms with van der Waals surface area (Å²) in [6, 6.07) is 4.95. The molecule has 1 heterocycles.